The third-order valence-corrected chi connectivity index (χ3v) is 3.11. The van der Waals surface area contributed by atoms with Crippen molar-refractivity contribution in [3.63, 3.8) is 0 Å². The molecular formula is C17H10F3NO3. The minimum atomic E-state index is -3.02. The summed E-state index contributed by atoms with van der Waals surface area (Å²) in [5.74, 6) is -1.54. The highest BCUT2D eigenvalue weighted by molar-refractivity contribution is 6.13. The average Bonchev–Trinajstić information content (AvgIpc) is 2.88. The normalized spacial score (nSPS) is 15.6. The molecule has 0 atom stereocenters. The van der Waals surface area contributed by atoms with Crippen molar-refractivity contribution in [1.82, 2.24) is 0 Å². The molecule has 0 amide bonds. The Bertz CT molecular complexity index is 846. The van der Waals surface area contributed by atoms with Crippen molar-refractivity contribution in [2.75, 3.05) is 0 Å². The average molecular weight is 333 g/mol. The van der Waals surface area contributed by atoms with Crippen molar-refractivity contribution < 1.29 is 27.4 Å². The second-order valence-electron chi connectivity index (χ2n) is 4.77. The molecule has 0 saturated carbocycles. The largest absolute Gasteiger partial charge is 0.434 e. The van der Waals surface area contributed by atoms with Crippen molar-refractivity contribution in [2.45, 2.75) is 6.61 Å². The number of cyclic esters (lactones) is 1. The zero-order valence-corrected chi connectivity index (χ0v) is 12.1. The molecule has 3 rings (SSSR count). The van der Waals surface area contributed by atoms with E-state index in [1.54, 1.807) is 12.1 Å². The van der Waals surface area contributed by atoms with Crippen molar-refractivity contribution in [3.05, 3.63) is 71.2 Å². The maximum absolute atomic E-state index is 13.2. The van der Waals surface area contributed by atoms with Gasteiger partial charge in [-0.2, -0.15) is 8.78 Å². The zero-order chi connectivity index (χ0) is 17.1. The van der Waals surface area contributed by atoms with Crippen molar-refractivity contribution >= 4 is 17.9 Å². The summed E-state index contributed by atoms with van der Waals surface area (Å²) >= 11 is 0. The van der Waals surface area contributed by atoms with Crippen LogP contribution >= 0.6 is 0 Å². The van der Waals surface area contributed by atoms with Crippen LogP contribution in [0.2, 0.25) is 0 Å². The van der Waals surface area contributed by atoms with Gasteiger partial charge in [-0.3, -0.25) is 0 Å². The van der Waals surface area contributed by atoms with Crippen LogP contribution in [0, 0.1) is 5.82 Å². The van der Waals surface area contributed by atoms with Crippen LogP contribution in [0.15, 0.2) is 59.2 Å². The predicted molar refractivity (Wildman–Crippen MR) is 80.1 cm³/mol. The Morgan fingerprint density at radius 1 is 1.12 bits per heavy atom. The first-order valence-corrected chi connectivity index (χ1v) is 6.85. The fraction of sp³-hybridized carbons (Fsp3) is 0.0588. The lowest BCUT2D eigenvalue weighted by Crippen LogP contribution is -2.10. The molecule has 0 saturated heterocycles. The number of aliphatic imine (C=N–C) groups is 1. The van der Waals surface area contributed by atoms with E-state index in [1.165, 1.54) is 42.5 Å². The third-order valence-electron chi connectivity index (χ3n) is 3.11. The summed E-state index contributed by atoms with van der Waals surface area (Å²) in [7, 11) is 0. The lowest BCUT2D eigenvalue weighted by Gasteiger charge is -2.08. The Morgan fingerprint density at radius 2 is 1.92 bits per heavy atom. The first-order valence-electron chi connectivity index (χ1n) is 6.85. The molecule has 4 nitrogen and oxygen atoms in total. The molecule has 7 heteroatoms. The van der Waals surface area contributed by atoms with E-state index in [2.05, 4.69) is 9.73 Å². The summed E-state index contributed by atoms with van der Waals surface area (Å²) in [6, 6.07) is 11.4. The minimum absolute atomic E-state index is 0.0672. The highest BCUT2D eigenvalue weighted by atomic mass is 19.3. The smallest absolute Gasteiger partial charge is 0.387 e. The lowest BCUT2D eigenvalue weighted by atomic mass is 10.2. The van der Waals surface area contributed by atoms with Crippen LogP contribution in [0.4, 0.5) is 13.2 Å². The number of carbonyl (C=O) groups is 1. The molecule has 1 aliphatic heterocycles. The van der Waals surface area contributed by atoms with E-state index in [0.29, 0.717) is 5.56 Å². The van der Waals surface area contributed by atoms with Crippen molar-refractivity contribution in [1.29, 1.82) is 0 Å². The molecule has 24 heavy (non-hydrogen) atoms. The number of ether oxygens (including phenoxy) is 2. The van der Waals surface area contributed by atoms with E-state index in [4.69, 9.17) is 4.74 Å². The first kappa shape index (κ1) is 15.8. The molecule has 2 aromatic rings. The number of hydrogen-bond acceptors (Lipinski definition) is 4. The molecule has 0 N–H and O–H groups in total. The van der Waals surface area contributed by atoms with Gasteiger partial charge in [0.2, 0.25) is 5.90 Å². The number of nitrogens with zero attached hydrogens (tertiary/aromatic N) is 1. The molecule has 1 heterocycles. The highest BCUT2D eigenvalue weighted by Gasteiger charge is 2.26. The Morgan fingerprint density at radius 3 is 2.67 bits per heavy atom. The number of halogens is 3. The van der Waals surface area contributed by atoms with Gasteiger partial charge in [0.1, 0.15) is 11.6 Å². The van der Waals surface area contributed by atoms with Gasteiger partial charge in [0.05, 0.1) is 5.56 Å². The van der Waals surface area contributed by atoms with E-state index in [-0.39, 0.29) is 22.9 Å². The van der Waals surface area contributed by atoms with Gasteiger partial charge in [-0.1, -0.05) is 24.3 Å². The van der Waals surface area contributed by atoms with E-state index in [0.717, 1.165) is 0 Å². The van der Waals surface area contributed by atoms with Crippen LogP contribution in [-0.2, 0) is 9.53 Å². The van der Waals surface area contributed by atoms with Gasteiger partial charge < -0.3 is 9.47 Å². The molecule has 0 fully saturated rings. The zero-order valence-electron chi connectivity index (χ0n) is 12.1. The van der Waals surface area contributed by atoms with Gasteiger partial charge in [-0.05, 0) is 35.9 Å². The van der Waals surface area contributed by atoms with Gasteiger partial charge in [-0.25, -0.2) is 14.2 Å². The van der Waals surface area contributed by atoms with Gasteiger partial charge >= 0.3 is 12.6 Å². The Kier molecular flexibility index (Phi) is 4.33. The lowest BCUT2D eigenvalue weighted by molar-refractivity contribution is -0.129. The topological polar surface area (TPSA) is 47.9 Å². The maximum Gasteiger partial charge on any atom is 0.387 e. The van der Waals surface area contributed by atoms with Crippen LogP contribution in [0.3, 0.4) is 0 Å². The molecular weight excluding hydrogens is 323 g/mol. The molecule has 0 aliphatic carbocycles. The monoisotopic (exact) mass is 333 g/mol. The number of benzene rings is 2. The predicted octanol–water partition coefficient (Wildman–Crippen LogP) is 3.77. The molecule has 0 aromatic heterocycles. The van der Waals surface area contributed by atoms with Crippen LogP contribution in [0.25, 0.3) is 6.08 Å². The number of esters is 1. The van der Waals surface area contributed by atoms with Crippen molar-refractivity contribution in [2.24, 2.45) is 4.99 Å². The summed E-state index contributed by atoms with van der Waals surface area (Å²) in [6.07, 6.45) is 1.34. The summed E-state index contributed by atoms with van der Waals surface area (Å²) in [5.41, 5.74) is 0.473. The van der Waals surface area contributed by atoms with E-state index >= 15 is 0 Å². The minimum Gasteiger partial charge on any atom is -0.434 e. The van der Waals surface area contributed by atoms with Crippen LogP contribution < -0.4 is 4.74 Å². The van der Waals surface area contributed by atoms with Crippen LogP contribution in [-0.4, -0.2) is 18.5 Å². The summed E-state index contributed by atoms with van der Waals surface area (Å²) < 4.78 is 47.5. The molecule has 122 valence electrons. The molecule has 0 spiro atoms. The van der Waals surface area contributed by atoms with Crippen molar-refractivity contribution in [3.8, 4) is 5.75 Å². The number of alkyl halides is 2. The van der Waals surface area contributed by atoms with E-state index < -0.39 is 18.4 Å². The summed E-state index contributed by atoms with van der Waals surface area (Å²) in [4.78, 5) is 15.9. The number of carbonyl (C=O) groups excluding carboxylic acids is 1. The highest BCUT2D eigenvalue weighted by Crippen LogP contribution is 2.26. The first-order chi connectivity index (χ1) is 11.5. The summed E-state index contributed by atoms with van der Waals surface area (Å²) in [5, 5.41) is 0. The number of rotatable bonds is 4. The molecule has 0 radical (unpaired) electrons. The number of hydrogen-bond donors (Lipinski definition) is 0. The third kappa shape index (κ3) is 3.45. The van der Waals surface area contributed by atoms with E-state index in [1.807, 2.05) is 0 Å². The maximum atomic E-state index is 13.2. The van der Waals surface area contributed by atoms with Gasteiger partial charge in [0.15, 0.2) is 5.70 Å². The Labute approximate surface area is 134 Å². The molecule has 1 aliphatic rings. The van der Waals surface area contributed by atoms with Gasteiger partial charge in [0, 0.05) is 0 Å². The van der Waals surface area contributed by atoms with Gasteiger partial charge in [-0.15, -0.1) is 0 Å². The standard InChI is InChI=1S/C17H10F3NO3/c18-11-5-3-4-10(8-11)9-13-16(22)24-15(21-13)12-6-1-2-7-14(12)23-17(19)20/h1-9,17H. The number of para-hydroxylation sites is 1. The van der Waals surface area contributed by atoms with Crippen LogP contribution in [0.1, 0.15) is 11.1 Å². The molecule has 0 unspecified atom stereocenters. The van der Waals surface area contributed by atoms with Gasteiger partial charge in [0.25, 0.3) is 0 Å². The SMILES string of the molecule is O=C1OC(c2ccccc2OC(F)F)=NC1=Cc1cccc(F)c1. The van der Waals surface area contributed by atoms with E-state index in [9.17, 15) is 18.0 Å². The molecule has 2 aromatic carbocycles. The quantitative estimate of drug-likeness (QED) is 0.632. The fourth-order valence-corrected chi connectivity index (χ4v) is 2.12. The second-order valence-corrected chi connectivity index (χ2v) is 4.77. The second kappa shape index (κ2) is 6.57. The Hall–Kier alpha value is -3.09. The molecule has 0 bridgehead atoms. The fourth-order valence-electron chi connectivity index (χ4n) is 2.12. The Balaban J connectivity index is 1.95. The summed E-state index contributed by atoms with van der Waals surface area (Å²) in [6.45, 7) is -3.02. The van der Waals surface area contributed by atoms with Crippen LogP contribution in [0.5, 0.6) is 5.75 Å².